The van der Waals surface area contributed by atoms with Crippen molar-refractivity contribution in [2.75, 3.05) is 6.54 Å². The van der Waals surface area contributed by atoms with Crippen molar-refractivity contribution in [3.05, 3.63) is 48.0 Å². The minimum Gasteiger partial charge on any atom is -0.339 e. The van der Waals surface area contributed by atoms with Crippen molar-refractivity contribution in [3.8, 4) is 0 Å². The second-order valence-corrected chi connectivity index (χ2v) is 7.14. The van der Waals surface area contributed by atoms with Gasteiger partial charge in [0.15, 0.2) is 0 Å². The molecule has 2 aliphatic rings. The predicted molar refractivity (Wildman–Crippen MR) is 91.4 cm³/mol. The summed E-state index contributed by atoms with van der Waals surface area (Å²) < 4.78 is 1.97. The highest BCUT2D eigenvalue weighted by molar-refractivity contribution is 5.91. The average Bonchev–Trinajstić information content (AvgIpc) is 3.12. The van der Waals surface area contributed by atoms with E-state index in [1.165, 1.54) is 5.56 Å². The molecular weight excluding hydrogens is 300 g/mol. The highest BCUT2D eigenvalue weighted by Crippen LogP contribution is 2.50. The van der Waals surface area contributed by atoms with E-state index < -0.39 is 0 Å². The number of amides is 1. The molecule has 0 bridgehead atoms. The molecule has 1 aliphatic carbocycles. The van der Waals surface area contributed by atoms with E-state index in [4.69, 9.17) is 0 Å². The van der Waals surface area contributed by atoms with Crippen molar-refractivity contribution in [3.63, 3.8) is 0 Å². The Morgan fingerprint density at radius 1 is 1.29 bits per heavy atom. The van der Waals surface area contributed by atoms with Gasteiger partial charge in [-0.25, -0.2) is 0 Å². The molecule has 1 aromatic heterocycles. The molecule has 1 saturated heterocycles. The third-order valence-corrected chi connectivity index (χ3v) is 5.63. The van der Waals surface area contributed by atoms with E-state index >= 15 is 0 Å². The molecule has 0 N–H and O–H groups in total. The molecule has 24 heavy (non-hydrogen) atoms. The second kappa shape index (κ2) is 6.04. The number of rotatable bonds is 5. The van der Waals surface area contributed by atoms with Gasteiger partial charge in [0.05, 0.1) is 5.41 Å². The van der Waals surface area contributed by atoms with Crippen LogP contribution in [0.25, 0.3) is 0 Å². The number of benzene rings is 1. The number of aromatic nitrogens is 3. The predicted octanol–water partition coefficient (Wildman–Crippen LogP) is 2.47. The van der Waals surface area contributed by atoms with Crippen LogP contribution in [0.2, 0.25) is 0 Å². The fourth-order valence-electron chi connectivity index (χ4n) is 4.02. The van der Waals surface area contributed by atoms with Crippen LogP contribution in [0.3, 0.4) is 0 Å². The van der Waals surface area contributed by atoms with Crippen molar-refractivity contribution in [2.45, 2.75) is 50.0 Å². The van der Waals surface area contributed by atoms with Crippen LogP contribution in [0.15, 0.2) is 36.7 Å². The Morgan fingerprint density at radius 2 is 2.08 bits per heavy atom. The van der Waals surface area contributed by atoms with Gasteiger partial charge in [-0.2, -0.15) is 0 Å². The molecule has 1 aromatic carbocycles. The molecule has 1 saturated carbocycles. The maximum absolute atomic E-state index is 13.3. The largest absolute Gasteiger partial charge is 0.339 e. The van der Waals surface area contributed by atoms with Crippen LogP contribution in [-0.4, -0.2) is 38.2 Å². The maximum Gasteiger partial charge on any atom is 0.233 e. The van der Waals surface area contributed by atoms with Gasteiger partial charge in [-0.3, -0.25) is 4.79 Å². The van der Waals surface area contributed by atoms with Crippen LogP contribution in [0.5, 0.6) is 0 Å². The van der Waals surface area contributed by atoms with Crippen molar-refractivity contribution in [1.82, 2.24) is 19.7 Å². The smallest absolute Gasteiger partial charge is 0.233 e. The Hall–Kier alpha value is -2.17. The van der Waals surface area contributed by atoms with Crippen LogP contribution in [0.1, 0.15) is 43.5 Å². The third-order valence-electron chi connectivity index (χ3n) is 5.63. The van der Waals surface area contributed by atoms with Crippen LogP contribution in [0, 0.1) is 0 Å². The molecular formula is C19H24N4O. The lowest BCUT2D eigenvalue weighted by molar-refractivity contribution is -0.134. The summed E-state index contributed by atoms with van der Waals surface area (Å²) in [7, 11) is 1.97. The average molecular weight is 324 g/mol. The number of aryl methyl sites for hydroxylation is 2. The first-order valence-electron chi connectivity index (χ1n) is 8.90. The Bertz CT molecular complexity index is 720. The fraction of sp³-hybridized carbons (Fsp3) is 0.526. The van der Waals surface area contributed by atoms with E-state index in [1.54, 1.807) is 6.33 Å². The summed E-state index contributed by atoms with van der Waals surface area (Å²) >= 11 is 0. The summed E-state index contributed by atoms with van der Waals surface area (Å²) in [4.78, 5) is 15.4. The maximum atomic E-state index is 13.3. The summed E-state index contributed by atoms with van der Waals surface area (Å²) in [6, 6.07) is 10.7. The van der Waals surface area contributed by atoms with Gasteiger partial charge in [0.2, 0.25) is 5.91 Å². The van der Waals surface area contributed by atoms with Crippen molar-refractivity contribution >= 4 is 5.91 Å². The normalized spacial score (nSPS) is 21.9. The highest BCUT2D eigenvalue weighted by Gasteiger charge is 2.54. The summed E-state index contributed by atoms with van der Waals surface area (Å²) in [5.74, 6) is 1.34. The van der Waals surface area contributed by atoms with Gasteiger partial charge in [-0.05, 0) is 37.7 Å². The van der Waals surface area contributed by atoms with Crippen molar-refractivity contribution in [1.29, 1.82) is 0 Å². The molecule has 1 amide bonds. The van der Waals surface area contributed by atoms with E-state index in [2.05, 4.69) is 27.2 Å². The molecule has 1 unspecified atom stereocenters. The number of hydrogen-bond acceptors (Lipinski definition) is 3. The van der Waals surface area contributed by atoms with E-state index in [1.807, 2.05) is 29.8 Å². The molecule has 0 spiro atoms. The zero-order chi connectivity index (χ0) is 16.6. The van der Waals surface area contributed by atoms with Gasteiger partial charge in [0.25, 0.3) is 0 Å². The van der Waals surface area contributed by atoms with Gasteiger partial charge < -0.3 is 9.47 Å². The molecule has 126 valence electrons. The topological polar surface area (TPSA) is 51.0 Å². The summed E-state index contributed by atoms with van der Waals surface area (Å²) in [6.07, 6.45) is 7.78. The lowest BCUT2D eigenvalue weighted by atomic mass is 9.93. The first-order valence-corrected chi connectivity index (χ1v) is 8.90. The zero-order valence-corrected chi connectivity index (χ0v) is 14.2. The lowest BCUT2D eigenvalue weighted by Crippen LogP contribution is -2.42. The zero-order valence-electron chi connectivity index (χ0n) is 14.2. The monoisotopic (exact) mass is 324 g/mol. The van der Waals surface area contributed by atoms with Crippen molar-refractivity contribution in [2.24, 2.45) is 7.05 Å². The Balaban J connectivity index is 1.47. The number of hydrogen-bond donors (Lipinski definition) is 0. The van der Waals surface area contributed by atoms with E-state index in [9.17, 15) is 4.79 Å². The first kappa shape index (κ1) is 15.4. The lowest BCUT2D eigenvalue weighted by Gasteiger charge is -2.29. The molecule has 5 heteroatoms. The molecule has 5 nitrogen and oxygen atoms in total. The van der Waals surface area contributed by atoms with Gasteiger partial charge in [0, 0.05) is 26.1 Å². The quantitative estimate of drug-likeness (QED) is 0.849. The van der Waals surface area contributed by atoms with Crippen LogP contribution in [0.4, 0.5) is 0 Å². The highest BCUT2D eigenvalue weighted by atomic mass is 16.2. The number of likely N-dealkylation sites (tertiary alicyclic amines) is 1. The van der Waals surface area contributed by atoms with Gasteiger partial charge in [0.1, 0.15) is 12.2 Å². The molecule has 2 aromatic rings. The minimum absolute atomic E-state index is 0.241. The summed E-state index contributed by atoms with van der Waals surface area (Å²) in [5, 5.41) is 8.11. The number of carbonyl (C=O) groups excluding carboxylic acids is 1. The number of carbonyl (C=O) groups is 1. The molecule has 1 aliphatic heterocycles. The van der Waals surface area contributed by atoms with E-state index in [-0.39, 0.29) is 5.41 Å². The van der Waals surface area contributed by atoms with Crippen LogP contribution < -0.4 is 0 Å². The van der Waals surface area contributed by atoms with Crippen molar-refractivity contribution < 1.29 is 4.79 Å². The van der Waals surface area contributed by atoms with E-state index in [0.717, 1.165) is 50.9 Å². The Morgan fingerprint density at radius 3 is 2.75 bits per heavy atom. The number of nitrogens with zero attached hydrogens (tertiary/aromatic N) is 4. The van der Waals surface area contributed by atoms with Gasteiger partial charge in [-0.1, -0.05) is 30.3 Å². The molecule has 1 atom stereocenters. The first-order chi connectivity index (χ1) is 11.7. The van der Waals surface area contributed by atoms with Gasteiger partial charge >= 0.3 is 0 Å². The molecule has 2 heterocycles. The third kappa shape index (κ3) is 2.62. The minimum atomic E-state index is -0.241. The molecule has 2 fully saturated rings. The molecule has 0 radical (unpaired) electrons. The van der Waals surface area contributed by atoms with Gasteiger partial charge in [-0.15, -0.1) is 10.2 Å². The fourth-order valence-corrected chi connectivity index (χ4v) is 4.02. The van der Waals surface area contributed by atoms with Crippen LogP contribution >= 0.6 is 0 Å². The Labute approximate surface area is 142 Å². The standard InChI is InChI=1S/C19H24N4O/c1-22-14-20-21-17(22)10-9-16-8-5-13-23(16)18(24)19(11-12-19)15-6-3-2-4-7-15/h2-4,6-7,14,16H,5,8-13H2,1H3. The van der Waals surface area contributed by atoms with E-state index in [0.29, 0.717) is 11.9 Å². The molecule has 4 rings (SSSR count). The van der Waals surface area contributed by atoms with Crippen LogP contribution in [-0.2, 0) is 23.7 Å². The summed E-state index contributed by atoms with van der Waals surface area (Å²) in [5.41, 5.74) is 0.947. The second-order valence-electron chi connectivity index (χ2n) is 7.14. The SMILES string of the molecule is Cn1cnnc1CCC1CCCN1C(=O)C1(c2ccccc2)CC1. The summed E-state index contributed by atoms with van der Waals surface area (Å²) in [6.45, 7) is 0.900. The Kier molecular flexibility index (Phi) is 3.87.